The summed E-state index contributed by atoms with van der Waals surface area (Å²) >= 11 is 0. The van der Waals surface area contributed by atoms with Crippen molar-refractivity contribution in [1.29, 1.82) is 0 Å². The van der Waals surface area contributed by atoms with E-state index < -0.39 is 15.1 Å². The smallest absolute Gasteiger partial charge is 0.474 e. The molecule has 0 spiro atoms. The van der Waals surface area contributed by atoms with Crippen molar-refractivity contribution >= 4 is 41.5 Å². The Kier molecular flexibility index (Phi) is 5.61. The first-order valence-corrected chi connectivity index (χ1v) is 13.3. The summed E-state index contributed by atoms with van der Waals surface area (Å²) in [7, 11) is -2.73. The zero-order chi connectivity index (χ0) is 25.7. The van der Waals surface area contributed by atoms with Gasteiger partial charge >= 0.3 is 6.92 Å². The van der Waals surface area contributed by atoms with Crippen molar-refractivity contribution in [3.8, 4) is 34.0 Å². The zero-order valence-electron chi connectivity index (χ0n) is 20.0. The molecule has 0 radical (unpaired) electrons. The van der Waals surface area contributed by atoms with Gasteiger partial charge in [0.05, 0.1) is 27.9 Å². The van der Waals surface area contributed by atoms with Gasteiger partial charge in [-0.25, -0.2) is 23.4 Å². The third-order valence-electron chi connectivity index (χ3n) is 6.15. The van der Waals surface area contributed by atoms with Crippen LogP contribution in [0, 0.1) is 0 Å². The number of aromatic nitrogens is 3. The average molecular weight is 513 g/mol. The molecule has 4 aromatic rings. The van der Waals surface area contributed by atoms with E-state index in [-0.39, 0.29) is 17.7 Å². The highest BCUT2D eigenvalue weighted by molar-refractivity contribution is 7.92. The van der Waals surface area contributed by atoms with Gasteiger partial charge in [-0.3, -0.25) is 0 Å². The summed E-state index contributed by atoms with van der Waals surface area (Å²) in [6, 6.07) is 15.6. The van der Waals surface area contributed by atoms with Crippen LogP contribution in [-0.4, -0.2) is 54.9 Å². The molecule has 0 saturated carbocycles. The highest BCUT2D eigenvalue weighted by Crippen LogP contribution is 2.34. The summed E-state index contributed by atoms with van der Waals surface area (Å²) in [5, 5.41) is 3.67. The second-order valence-corrected chi connectivity index (χ2v) is 11.6. The molecule has 2 aromatic heterocycles. The first kappa shape index (κ1) is 23.4. The van der Waals surface area contributed by atoms with Gasteiger partial charge in [0, 0.05) is 22.9 Å². The Morgan fingerprint density at radius 1 is 1.05 bits per heavy atom. The second kappa shape index (κ2) is 8.86. The van der Waals surface area contributed by atoms with E-state index in [2.05, 4.69) is 15.1 Å². The predicted octanol–water partition coefficient (Wildman–Crippen LogP) is 3.07. The van der Waals surface area contributed by atoms with Gasteiger partial charge in [0.1, 0.15) is 5.69 Å². The van der Waals surface area contributed by atoms with Gasteiger partial charge < -0.3 is 19.6 Å². The van der Waals surface area contributed by atoms with E-state index in [0.717, 1.165) is 5.56 Å². The number of anilines is 1. The van der Waals surface area contributed by atoms with Crippen molar-refractivity contribution in [1.82, 2.24) is 15.1 Å². The molecule has 2 aliphatic rings. The lowest BCUT2D eigenvalue weighted by atomic mass is 9.65. The summed E-state index contributed by atoms with van der Waals surface area (Å²) in [5.41, 5.74) is 9.49. The lowest BCUT2D eigenvalue weighted by Gasteiger charge is -2.09. The first-order valence-electron chi connectivity index (χ1n) is 11.7. The lowest BCUT2D eigenvalue weighted by Crippen LogP contribution is -2.13. The van der Waals surface area contributed by atoms with Crippen LogP contribution in [0.5, 0.6) is 0 Å². The fourth-order valence-corrected chi connectivity index (χ4v) is 4.85. The molecule has 1 atom stereocenters. The highest BCUT2D eigenvalue weighted by Gasteiger charge is 2.57. The van der Waals surface area contributed by atoms with Crippen LogP contribution in [0.2, 0.25) is 0 Å². The number of benzene rings is 2. The van der Waals surface area contributed by atoms with Gasteiger partial charge in [-0.1, -0.05) is 29.4 Å². The van der Waals surface area contributed by atoms with E-state index in [9.17, 15) is 8.42 Å². The van der Waals surface area contributed by atoms with E-state index >= 15 is 0 Å². The van der Waals surface area contributed by atoms with Gasteiger partial charge in [-0.15, -0.1) is 0 Å². The minimum absolute atomic E-state index is 0.0393. The fourth-order valence-electron chi connectivity index (χ4n) is 3.79. The number of sulfone groups is 1. The number of hydrogen-bond donors (Lipinski definition) is 1. The van der Waals surface area contributed by atoms with Crippen molar-refractivity contribution in [2.45, 2.75) is 29.9 Å². The Labute approximate surface area is 214 Å². The van der Waals surface area contributed by atoms with E-state index in [1.54, 1.807) is 62.5 Å². The molecule has 2 saturated heterocycles. The molecule has 13 heteroatoms. The van der Waals surface area contributed by atoms with Crippen LogP contribution in [0.1, 0.15) is 13.8 Å². The van der Waals surface area contributed by atoms with E-state index in [1.807, 2.05) is 12.1 Å². The standard InChI is InChI=1S/C24H21B2N5O5S/c1-13(2)37(32,33)17-9-5-15(6-10-17)19-12-28-22(30-24-26(35-24)23-25-34-23)21(29-19)20-11-18(31-36-20)14-3-7-16(27)8-4-14/h3-13,23,25H,27H2,1-2H3/b30-24-. The van der Waals surface area contributed by atoms with Gasteiger partial charge in [0.15, 0.2) is 32.9 Å². The van der Waals surface area contributed by atoms with Crippen LogP contribution >= 0.6 is 0 Å². The van der Waals surface area contributed by atoms with Crippen molar-refractivity contribution in [3.63, 3.8) is 0 Å². The fraction of sp³-hybridized carbons (Fsp3) is 0.167. The van der Waals surface area contributed by atoms with Crippen LogP contribution < -0.4 is 5.73 Å². The molecule has 6 rings (SSSR count). The molecule has 2 fully saturated rings. The van der Waals surface area contributed by atoms with Crippen LogP contribution in [-0.2, 0) is 19.1 Å². The third-order valence-corrected chi connectivity index (χ3v) is 8.32. The molecule has 1 unspecified atom stereocenters. The predicted molar refractivity (Wildman–Crippen MR) is 141 cm³/mol. The maximum atomic E-state index is 12.5. The molecule has 2 aliphatic heterocycles. The van der Waals surface area contributed by atoms with Crippen LogP contribution in [0.15, 0.2) is 75.2 Å². The molecule has 10 nitrogen and oxygen atoms in total. The number of nitrogen functional groups attached to an aromatic ring is 1. The minimum Gasteiger partial charge on any atom is -0.544 e. The lowest BCUT2D eigenvalue weighted by molar-refractivity contribution is 0.433. The third kappa shape index (κ3) is 4.63. The Balaban J connectivity index is 1.38. The number of nitrogens with two attached hydrogens (primary N) is 1. The maximum absolute atomic E-state index is 12.5. The minimum atomic E-state index is -3.38. The Hall–Kier alpha value is -3.96. The molecule has 0 amide bonds. The van der Waals surface area contributed by atoms with Crippen LogP contribution in [0.25, 0.3) is 34.0 Å². The summed E-state index contributed by atoms with van der Waals surface area (Å²) in [6.45, 7) is 3.14. The number of rotatable bonds is 7. The SMILES string of the molecule is CC(C)S(=O)(=O)c1ccc(-c2cnc(/N=C3\OB3C3BO3)c(-c3cc(-c4ccc(N)cc4)no3)n2)cc1. The molecule has 2 N–H and O–H groups in total. The normalized spacial score (nSPS) is 17.5. The molecule has 2 aromatic carbocycles. The van der Waals surface area contributed by atoms with Gasteiger partial charge in [0.2, 0.25) is 0 Å². The highest BCUT2D eigenvalue weighted by atomic mass is 32.2. The second-order valence-electron chi connectivity index (χ2n) is 9.10. The Morgan fingerprint density at radius 3 is 2.41 bits per heavy atom. The quantitative estimate of drug-likeness (QED) is 0.224. The van der Waals surface area contributed by atoms with Gasteiger partial charge in [0.25, 0.3) is 7.48 Å². The van der Waals surface area contributed by atoms with Gasteiger partial charge in [-0.05, 0) is 38.1 Å². The summed E-state index contributed by atoms with van der Waals surface area (Å²) in [4.78, 5) is 14.1. The van der Waals surface area contributed by atoms with Crippen molar-refractivity contribution in [2.75, 3.05) is 5.73 Å². The molecule has 184 valence electrons. The molecular weight excluding hydrogens is 492 g/mol. The number of hydrogen-bond acceptors (Lipinski definition) is 10. The van der Waals surface area contributed by atoms with Crippen molar-refractivity contribution < 1.29 is 22.2 Å². The van der Waals surface area contributed by atoms with Crippen molar-refractivity contribution in [3.05, 3.63) is 60.8 Å². The first-order chi connectivity index (χ1) is 17.8. The van der Waals surface area contributed by atoms with Crippen LogP contribution in [0.4, 0.5) is 11.5 Å². The zero-order valence-corrected chi connectivity index (χ0v) is 20.8. The summed E-state index contributed by atoms with van der Waals surface area (Å²) < 4.78 is 41.5. The Morgan fingerprint density at radius 2 is 1.73 bits per heavy atom. The topological polar surface area (TPSA) is 149 Å². The number of aliphatic imine (C=N–C) groups is 1. The molecule has 0 bridgehead atoms. The summed E-state index contributed by atoms with van der Waals surface area (Å²) in [6.07, 6.45) is 1.58. The van der Waals surface area contributed by atoms with Crippen molar-refractivity contribution in [2.24, 2.45) is 4.99 Å². The van der Waals surface area contributed by atoms with E-state index in [0.29, 0.717) is 53.2 Å². The largest absolute Gasteiger partial charge is 0.544 e. The molecule has 0 aliphatic carbocycles. The molecule has 4 heterocycles. The maximum Gasteiger partial charge on any atom is 0.474 e. The van der Waals surface area contributed by atoms with Gasteiger partial charge in [-0.2, -0.15) is 0 Å². The number of nitrogens with zero attached hydrogens (tertiary/aromatic N) is 4. The summed E-state index contributed by atoms with van der Waals surface area (Å²) in [5.74, 6) is 1.27. The van der Waals surface area contributed by atoms with E-state index in [1.165, 1.54) is 0 Å². The molecular formula is C24H21B2N5O5S. The Bertz CT molecular complexity index is 1620. The van der Waals surface area contributed by atoms with E-state index in [4.69, 9.17) is 24.5 Å². The average Bonchev–Trinajstić information content (AvgIpc) is 3.82. The molecule has 37 heavy (non-hydrogen) atoms. The van der Waals surface area contributed by atoms with Crippen LogP contribution in [0.3, 0.4) is 0 Å². The monoisotopic (exact) mass is 513 g/mol.